The fraction of sp³-hybridized carbons (Fsp3) is 0.632. The second-order valence-electron chi connectivity index (χ2n) is 5.95. The van der Waals surface area contributed by atoms with Crippen LogP contribution in [-0.4, -0.2) is 38.4 Å². The van der Waals surface area contributed by atoms with Crippen LogP contribution in [0, 0.1) is 0 Å². The number of para-hydroxylation sites is 1. The summed E-state index contributed by atoms with van der Waals surface area (Å²) in [5, 5.41) is 6.56. The Morgan fingerprint density at radius 1 is 1.17 bits per heavy atom. The third kappa shape index (κ3) is 6.40. The van der Waals surface area contributed by atoms with Crippen LogP contribution >= 0.6 is 0 Å². The van der Waals surface area contributed by atoms with E-state index in [2.05, 4.69) is 34.7 Å². The van der Waals surface area contributed by atoms with Crippen LogP contribution in [0.3, 0.4) is 0 Å². The number of guanidine groups is 1. The average Bonchev–Trinajstić information content (AvgIpc) is 3.10. The number of nitrogens with one attached hydrogen (secondary N) is 2. The zero-order valence-electron chi connectivity index (χ0n) is 15.0. The molecule has 0 unspecified atom stereocenters. The topological polar surface area (TPSA) is 54.9 Å². The number of ether oxygens (including phenoxy) is 2. The Kier molecular flexibility index (Phi) is 8.46. The highest BCUT2D eigenvalue weighted by atomic mass is 16.5. The molecule has 1 fully saturated rings. The van der Waals surface area contributed by atoms with E-state index in [9.17, 15) is 0 Å². The first-order chi connectivity index (χ1) is 11.8. The van der Waals surface area contributed by atoms with E-state index in [1.54, 1.807) is 0 Å². The first-order valence-electron chi connectivity index (χ1n) is 9.18. The molecule has 24 heavy (non-hydrogen) atoms. The minimum absolute atomic E-state index is 0.368. The van der Waals surface area contributed by atoms with Gasteiger partial charge in [0, 0.05) is 25.3 Å². The van der Waals surface area contributed by atoms with E-state index in [0.717, 1.165) is 37.0 Å². The summed E-state index contributed by atoms with van der Waals surface area (Å²) in [5.74, 6) is 1.78. The number of rotatable bonds is 9. The molecule has 0 amide bonds. The van der Waals surface area contributed by atoms with Gasteiger partial charge in [0.05, 0.1) is 19.3 Å². The SMILES string of the molecule is CCNC(=NCc1ccccc1OC1CCCC1)NCCOCC. The fourth-order valence-electron chi connectivity index (χ4n) is 2.83. The Morgan fingerprint density at radius 2 is 1.96 bits per heavy atom. The van der Waals surface area contributed by atoms with Gasteiger partial charge in [-0.1, -0.05) is 18.2 Å². The molecule has 5 heteroatoms. The third-order valence-electron chi connectivity index (χ3n) is 4.06. The van der Waals surface area contributed by atoms with Crippen LogP contribution in [0.4, 0.5) is 0 Å². The molecular weight excluding hydrogens is 302 g/mol. The number of aliphatic imine (C=N–C) groups is 1. The van der Waals surface area contributed by atoms with Crippen molar-refractivity contribution in [3.8, 4) is 5.75 Å². The molecule has 1 aliphatic rings. The smallest absolute Gasteiger partial charge is 0.191 e. The molecule has 134 valence electrons. The summed E-state index contributed by atoms with van der Waals surface area (Å²) in [5.41, 5.74) is 1.13. The molecule has 0 bridgehead atoms. The Bertz CT molecular complexity index is 499. The molecule has 1 saturated carbocycles. The van der Waals surface area contributed by atoms with E-state index < -0.39 is 0 Å². The number of benzene rings is 1. The first-order valence-corrected chi connectivity index (χ1v) is 9.18. The van der Waals surface area contributed by atoms with Gasteiger partial charge in [0.25, 0.3) is 0 Å². The van der Waals surface area contributed by atoms with Crippen LogP contribution in [0.1, 0.15) is 45.1 Å². The van der Waals surface area contributed by atoms with Crippen LogP contribution in [0.15, 0.2) is 29.3 Å². The molecule has 0 spiro atoms. The highest BCUT2D eigenvalue weighted by Crippen LogP contribution is 2.26. The normalized spacial score (nSPS) is 15.5. The molecule has 0 atom stereocenters. The van der Waals surface area contributed by atoms with Crippen molar-refractivity contribution in [2.45, 2.75) is 52.2 Å². The van der Waals surface area contributed by atoms with E-state index in [-0.39, 0.29) is 0 Å². The molecule has 1 aromatic carbocycles. The van der Waals surface area contributed by atoms with Crippen LogP contribution in [0.2, 0.25) is 0 Å². The molecule has 0 aromatic heterocycles. The second kappa shape index (κ2) is 10.9. The maximum Gasteiger partial charge on any atom is 0.191 e. The van der Waals surface area contributed by atoms with Crippen LogP contribution in [-0.2, 0) is 11.3 Å². The lowest BCUT2D eigenvalue weighted by Crippen LogP contribution is -2.39. The molecule has 2 N–H and O–H groups in total. The molecule has 1 aliphatic carbocycles. The summed E-state index contributed by atoms with van der Waals surface area (Å²) in [7, 11) is 0. The Morgan fingerprint density at radius 3 is 2.71 bits per heavy atom. The van der Waals surface area contributed by atoms with Crippen molar-refractivity contribution in [1.29, 1.82) is 0 Å². The average molecular weight is 333 g/mol. The van der Waals surface area contributed by atoms with Gasteiger partial charge in [-0.05, 0) is 45.6 Å². The molecule has 2 rings (SSSR count). The van der Waals surface area contributed by atoms with Crippen molar-refractivity contribution in [2.75, 3.05) is 26.3 Å². The van der Waals surface area contributed by atoms with E-state index in [1.165, 1.54) is 25.7 Å². The molecular formula is C19H31N3O2. The quantitative estimate of drug-likeness (QED) is 0.414. The van der Waals surface area contributed by atoms with Crippen LogP contribution in [0.5, 0.6) is 5.75 Å². The van der Waals surface area contributed by atoms with Crippen molar-refractivity contribution >= 4 is 5.96 Å². The van der Waals surface area contributed by atoms with Gasteiger partial charge in [-0.25, -0.2) is 4.99 Å². The molecule has 0 radical (unpaired) electrons. The van der Waals surface area contributed by atoms with Gasteiger partial charge in [0.2, 0.25) is 0 Å². The highest BCUT2D eigenvalue weighted by molar-refractivity contribution is 5.79. The van der Waals surface area contributed by atoms with Crippen molar-refractivity contribution in [1.82, 2.24) is 10.6 Å². The predicted octanol–water partition coefficient (Wildman–Crippen LogP) is 3.10. The summed E-state index contributed by atoms with van der Waals surface area (Å²) < 4.78 is 11.5. The van der Waals surface area contributed by atoms with Crippen molar-refractivity contribution in [3.63, 3.8) is 0 Å². The lowest BCUT2D eigenvalue weighted by atomic mass is 10.2. The lowest BCUT2D eigenvalue weighted by Gasteiger charge is -2.16. The van der Waals surface area contributed by atoms with Crippen LogP contribution < -0.4 is 15.4 Å². The lowest BCUT2D eigenvalue weighted by molar-refractivity contribution is 0.152. The molecule has 5 nitrogen and oxygen atoms in total. The highest BCUT2D eigenvalue weighted by Gasteiger charge is 2.17. The monoisotopic (exact) mass is 333 g/mol. The summed E-state index contributed by atoms with van der Waals surface area (Å²) in [6, 6.07) is 8.22. The largest absolute Gasteiger partial charge is 0.490 e. The number of nitrogens with zero attached hydrogens (tertiary/aromatic N) is 1. The minimum Gasteiger partial charge on any atom is -0.490 e. The molecule has 0 aliphatic heterocycles. The maximum absolute atomic E-state index is 6.18. The van der Waals surface area contributed by atoms with Crippen molar-refractivity contribution < 1.29 is 9.47 Å². The maximum atomic E-state index is 6.18. The van der Waals surface area contributed by atoms with Gasteiger partial charge in [0.1, 0.15) is 5.75 Å². The standard InChI is InChI=1S/C19H31N3O2/c1-3-20-19(21-13-14-23-4-2)22-15-16-9-5-8-12-18(16)24-17-10-6-7-11-17/h5,8-9,12,17H,3-4,6-7,10-11,13-15H2,1-2H3,(H2,20,21,22). The minimum atomic E-state index is 0.368. The van der Waals surface area contributed by atoms with Crippen molar-refractivity contribution in [2.24, 2.45) is 4.99 Å². The molecule has 1 aromatic rings. The van der Waals surface area contributed by atoms with Gasteiger partial charge >= 0.3 is 0 Å². The van der Waals surface area contributed by atoms with Crippen LogP contribution in [0.25, 0.3) is 0 Å². The predicted molar refractivity (Wildman–Crippen MR) is 98.6 cm³/mol. The second-order valence-corrected chi connectivity index (χ2v) is 5.95. The summed E-state index contributed by atoms with van der Waals surface area (Å²) in [6.45, 7) is 7.68. The Labute approximate surface area is 145 Å². The van der Waals surface area contributed by atoms with Crippen molar-refractivity contribution in [3.05, 3.63) is 29.8 Å². The first kappa shape index (κ1) is 18.6. The van der Waals surface area contributed by atoms with Gasteiger partial charge in [0.15, 0.2) is 5.96 Å². The molecule has 0 heterocycles. The molecule has 0 saturated heterocycles. The Balaban J connectivity index is 1.93. The van der Waals surface area contributed by atoms with Gasteiger partial charge < -0.3 is 20.1 Å². The van der Waals surface area contributed by atoms with E-state index in [1.807, 2.05) is 19.1 Å². The zero-order chi connectivity index (χ0) is 17.0. The summed E-state index contributed by atoms with van der Waals surface area (Å²) in [6.07, 6.45) is 5.25. The summed E-state index contributed by atoms with van der Waals surface area (Å²) >= 11 is 0. The number of hydrogen-bond donors (Lipinski definition) is 2. The van der Waals surface area contributed by atoms with Gasteiger partial charge in [-0.2, -0.15) is 0 Å². The fourth-order valence-corrected chi connectivity index (χ4v) is 2.83. The summed E-state index contributed by atoms with van der Waals surface area (Å²) in [4.78, 5) is 4.68. The van der Waals surface area contributed by atoms with E-state index in [0.29, 0.717) is 19.3 Å². The zero-order valence-corrected chi connectivity index (χ0v) is 15.0. The van der Waals surface area contributed by atoms with E-state index in [4.69, 9.17) is 9.47 Å². The van der Waals surface area contributed by atoms with Gasteiger partial charge in [-0.15, -0.1) is 0 Å². The van der Waals surface area contributed by atoms with Gasteiger partial charge in [-0.3, -0.25) is 0 Å². The van der Waals surface area contributed by atoms with E-state index >= 15 is 0 Å². The Hall–Kier alpha value is -1.75. The number of hydrogen-bond acceptors (Lipinski definition) is 3. The third-order valence-corrected chi connectivity index (χ3v) is 4.06.